The second kappa shape index (κ2) is 7.61. The first-order valence-electron chi connectivity index (χ1n) is 9.17. The molecule has 0 aliphatic carbocycles. The summed E-state index contributed by atoms with van der Waals surface area (Å²) in [7, 11) is 1.98. The van der Waals surface area contributed by atoms with Crippen LogP contribution in [-0.4, -0.2) is 35.2 Å². The van der Waals surface area contributed by atoms with Crippen LogP contribution in [0.5, 0.6) is 17.4 Å². The fourth-order valence-corrected chi connectivity index (χ4v) is 3.21. The first-order valence-corrected chi connectivity index (χ1v) is 9.17. The highest BCUT2D eigenvalue weighted by Crippen LogP contribution is 2.40. The van der Waals surface area contributed by atoms with Gasteiger partial charge in [0.25, 0.3) is 0 Å². The lowest BCUT2D eigenvalue weighted by molar-refractivity contribution is 0.357. The highest BCUT2D eigenvalue weighted by atomic mass is 16.5. The first-order chi connectivity index (χ1) is 13.3. The molecule has 0 saturated carbocycles. The third-order valence-electron chi connectivity index (χ3n) is 4.51. The molecule has 0 amide bonds. The average molecular weight is 362 g/mol. The van der Waals surface area contributed by atoms with E-state index in [-0.39, 0.29) is 0 Å². The number of aromatic nitrogens is 3. The molecule has 0 bridgehead atoms. The van der Waals surface area contributed by atoms with Crippen molar-refractivity contribution in [1.29, 1.82) is 0 Å². The summed E-state index contributed by atoms with van der Waals surface area (Å²) in [4.78, 5) is 15.2. The largest absolute Gasteiger partial charge is 0.492 e. The molecule has 0 atom stereocenters. The van der Waals surface area contributed by atoms with Crippen LogP contribution < -0.4 is 14.4 Å². The van der Waals surface area contributed by atoms with Crippen molar-refractivity contribution < 1.29 is 9.47 Å². The highest BCUT2D eigenvalue weighted by molar-refractivity contribution is 5.76. The summed E-state index contributed by atoms with van der Waals surface area (Å²) >= 11 is 0. The third kappa shape index (κ3) is 3.56. The lowest BCUT2D eigenvalue weighted by atomic mass is 10.0. The number of rotatable bonds is 6. The summed E-state index contributed by atoms with van der Waals surface area (Å²) < 4.78 is 11.8. The van der Waals surface area contributed by atoms with Gasteiger partial charge in [-0.1, -0.05) is 25.1 Å². The van der Waals surface area contributed by atoms with Crippen LogP contribution in [0.4, 0.5) is 5.95 Å². The first kappa shape index (κ1) is 17.3. The van der Waals surface area contributed by atoms with Gasteiger partial charge in [-0.3, -0.25) is 0 Å². The molecule has 3 aromatic rings. The molecule has 0 saturated heterocycles. The van der Waals surface area contributed by atoms with E-state index in [9.17, 15) is 0 Å². The van der Waals surface area contributed by atoms with Crippen LogP contribution in [0.15, 0.2) is 48.9 Å². The maximum Gasteiger partial charge on any atom is 0.227 e. The number of fused-ring (bicyclic) bond motifs is 1. The Hall–Kier alpha value is -3.15. The summed E-state index contributed by atoms with van der Waals surface area (Å²) in [6.45, 7) is 3.74. The van der Waals surface area contributed by atoms with E-state index in [0.717, 1.165) is 36.3 Å². The zero-order valence-electron chi connectivity index (χ0n) is 15.6. The summed E-state index contributed by atoms with van der Waals surface area (Å²) in [5.41, 5.74) is 3.10. The van der Waals surface area contributed by atoms with E-state index in [1.807, 2.05) is 36.2 Å². The number of ether oxygens (including phenoxy) is 2. The molecule has 3 heterocycles. The Balaban J connectivity index is 1.62. The quantitative estimate of drug-likeness (QED) is 0.658. The second-order valence-corrected chi connectivity index (χ2v) is 6.49. The molecule has 0 spiro atoms. The molecule has 1 aliphatic rings. The predicted octanol–water partition coefficient (Wildman–Crippen LogP) is 4.11. The summed E-state index contributed by atoms with van der Waals surface area (Å²) in [6, 6.07) is 10.1. The van der Waals surface area contributed by atoms with Gasteiger partial charge in [-0.15, -0.1) is 0 Å². The van der Waals surface area contributed by atoms with E-state index in [1.165, 1.54) is 5.56 Å². The van der Waals surface area contributed by atoms with E-state index < -0.39 is 0 Å². The molecular formula is C21H22N4O2. The van der Waals surface area contributed by atoms with Crippen LogP contribution in [0.2, 0.25) is 0 Å². The standard InChI is InChI=1S/C21H22N4O2/c1-3-11-25(2)21-23-13-16(14-24-21)27-20-18(8-5-10-22-20)17-7-4-6-15-9-12-26-19(15)17/h4-8,10,13-14H,3,9,11-12H2,1-2H3. The van der Waals surface area contributed by atoms with Crippen molar-refractivity contribution >= 4 is 5.95 Å². The molecule has 0 fully saturated rings. The summed E-state index contributed by atoms with van der Waals surface area (Å²) in [5.74, 6) is 2.67. The molecule has 0 N–H and O–H groups in total. The Morgan fingerprint density at radius 3 is 2.70 bits per heavy atom. The van der Waals surface area contributed by atoms with E-state index >= 15 is 0 Å². The minimum Gasteiger partial charge on any atom is -0.492 e. The normalized spacial score (nSPS) is 12.4. The van der Waals surface area contributed by atoms with Crippen molar-refractivity contribution in [3.8, 4) is 28.5 Å². The van der Waals surface area contributed by atoms with Crippen LogP contribution in [0.25, 0.3) is 11.1 Å². The van der Waals surface area contributed by atoms with Gasteiger partial charge in [-0.25, -0.2) is 15.0 Å². The van der Waals surface area contributed by atoms with Crippen molar-refractivity contribution in [3.63, 3.8) is 0 Å². The van der Waals surface area contributed by atoms with E-state index in [2.05, 4.69) is 27.9 Å². The van der Waals surface area contributed by atoms with Gasteiger partial charge < -0.3 is 14.4 Å². The number of nitrogens with zero attached hydrogens (tertiary/aromatic N) is 4. The van der Waals surface area contributed by atoms with Gasteiger partial charge in [0.15, 0.2) is 5.75 Å². The van der Waals surface area contributed by atoms with E-state index in [0.29, 0.717) is 24.2 Å². The van der Waals surface area contributed by atoms with Crippen molar-refractivity contribution in [2.75, 3.05) is 25.1 Å². The molecule has 4 rings (SSSR count). The van der Waals surface area contributed by atoms with E-state index in [1.54, 1.807) is 18.6 Å². The van der Waals surface area contributed by atoms with E-state index in [4.69, 9.17) is 9.47 Å². The minimum absolute atomic E-state index is 0.514. The topological polar surface area (TPSA) is 60.4 Å². The molecule has 0 radical (unpaired) electrons. The number of benzene rings is 1. The maximum absolute atomic E-state index is 6.01. The Morgan fingerprint density at radius 1 is 1.07 bits per heavy atom. The van der Waals surface area contributed by atoms with Gasteiger partial charge >= 0.3 is 0 Å². The molecule has 1 aromatic carbocycles. The monoisotopic (exact) mass is 362 g/mol. The van der Waals surface area contributed by atoms with Gasteiger partial charge in [-0.05, 0) is 24.1 Å². The number of hydrogen-bond acceptors (Lipinski definition) is 6. The maximum atomic E-state index is 6.01. The van der Waals surface area contributed by atoms with Crippen LogP contribution in [0.1, 0.15) is 18.9 Å². The van der Waals surface area contributed by atoms with Crippen LogP contribution in [0, 0.1) is 0 Å². The van der Waals surface area contributed by atoms with Crippen molar-refractivity contribution in [3.05, 3.63) is 54.5 Å². The lowest BCUT2D eigenvalue weighted by Gasteiger charge is -2.16. The molecule has 6 heteroatoms. The number of pyridine rings is 1. The summed E-state index contributed by atoms with van der Waals surface area (Å²) in [6.07, 6.45) is 7.05. The van der Waals surface area contributed by atoms with Gasteiger partial charge in [0.1, 0.15) is 5.75 Å². The molecule has 0 unspecified atom stereocenters. The number of para-hydroxylation sites is 1. The lowest BCUT2D eigenvalue weighted by Crippen LogP contribution is -2.20. The Labute approximate surface area is 158 Å². The van der Waals surface area contributed by atoms with Gasteiger partial charge in [-0.2, -0.15) is 0 Å². The molecule has 2 aromatic heterocycles. The summed E-state index contributed by atoms with van der Waals surface area (Å²) in [5, 5.41) is 0. The van der Waals surface area contributed by atoms with Crippen molar-refractivity contribution in [1.82, 2.24) is 15.0 Å². The predicted molar refractivity (Wildman–Crippen MR) is 105 cm³/mol. The Bertz CT molecular complexity index is 928. The molecule has 27 heavy (non-hydrogen) atoms. The fourth-order valence-electron chi connectivity index (χ4n) is 3.21. The Morgan fingerprint density at radius 2 is 1.89 bits per heavy atom. The van der Waals surface area contributed by atoms with Gasteiger partial charge in [0.05, 0.1) is 19.0 Å². The van der Waals surface area contributed by atoms with Gasteiger partial charge in [0, 0.05) is 37.3 Å². The highest BCUT2D eigenvalue weighted by Gasteiger charge is 2.20. The zero-order valence-corrected chi connectivity index (χ0v) is 15.6. The van der Waals surface area contributed by atoms with Crippen molar-refractivity contribution in [2.24, 2.45) is 0 Å². The minimum atomic E-state index is 0.514. The number of anilines is 1. The van der Waals surface area contributed by atoms with Crippen LogP contribution in [0.3, 0.4) is 0 Å². The Kier molecular flexibility index (Phi) is 4.87. The van der Waals surface area contributed by atoms with Crippen LogP contribution in [-0.2, 0) is 6.42 Å². The average Bonchev–Trinajstić information content (AvgIpc) is 3.18. The molecule has 6 nitrogen and oxygen atoms in total. The smallest absolute Gasteiger partial charge is 0.227 e. The second-order valence-electron chi connectivity index (χ2n) is 6.49. The van der Waals surface area contributed by atoms with Gasteiger partial charge in [0.2, 0.25) is 11.8 Å². The van der Waals surface area contributed by atoms with Crippen LogP contribution >= 0.6 is 0 Å². The fraction of sp³-hybridized carbons (Fsp3) is 0.286. The number of hydrogen-bond donors (Lipinski definition) is 0. The molecule has 1 aliphatic heterocycles. The molecule has 138 valence electrons. The SMILES string of the molecule is CCCN(C)c1ncc(Oc2ncccc2-c2cccc3c2OCC3)cn1. The third-order valence-corrected chi connectivity index (χ3v) is 4.51. The van der Waals surface area contributed by atoms with Crippen molar-refractivity contribution in [2.45, 2.75) is 19.8 Å². The zero-order chi connectivity index (χ0) is 18.6. The molecular weight excluding hydrogens is 340 g/mol.